The van der Waals surface area contributed by atoms with Gasteiger partial charge in [-0.3, -0.25) is 9.35 Å². The van der Waals surface area contributed by atoms with E-state index in [2.05, 4.69) is 14.2 Å². The summed E-state index contributed by atoms with van der Waals surface area (Å²) in [5.74, 6) is -9.98. The van der Waals surface area contributed by atoms with E-state index in [-0.39, 0.29) is 6.42 Å². The van der Waals surface area contributed by atoms with Crippen molar-refractivity contribution in [1.29, 1.82) is 0 Å². The topological polar surface area (TPSA) is 116 Å². The zero-order chi connectivity index (χ0) is 29.2. The van der Waals surface area contributed by atoms with Crippen LogP contribution in [0.15, 0.2) is 0 Å². The van der Waals surface area contributed by atoms with E-state index in [0.717, 1.165) is 20.8 Å². The predicted molar refractivity (Wildman–Crippen MR) is 119 cm³/mol. The van der Waals surface area contributed by atoms with Crippen LogP contribution in [0.1, 0.15) is 81.6 Å². The van der Waals surface area contributed by atoms with Crippen molar-refractivity contribution in [3.63, 3.8) is 0 Å². The first-order valence-electron chi connectivity index (χ1n) is 11.2. The van der Waals surface area contributed by atoms with Crippen molar-refractivity contribution in [2.24, 2.45) is 16.7 Å². The lowest BCUT2D eigenvalue weighted by atomic mass is 9.68. The SMILES string of the molecule is CCC(C)(C)CC(C(=O)OC(OCC(F)(F)S(=O)(=O)O)(C(=O)OC(C)(C)C)C(F)(F)F)C(C)(C)CC. The lowest BCUT2D eigenvalue weighted by Crippen LogP contribution is -2.61. The normalized spacial score (nSPS) is 16.8. The van der Waals surface area contributed by atoms with Crippen LogP contribution < -0.4 is 0 Å². The van der Waals surface area contributed by atoms with E-state index in [1.807, 2.05) is 0 Å². The van der Waals surface area contributed by atoms with Crippen molar-refractivity contribution in [2.45, 2.75) is 104 Å². The van der Waals surface area contributed by atoms with Crippen LogP contribution >= 0.6 is 0 Å². The van der Waals surface area contributed by atoms with Gasteiger partial charge in [-0.2, -0.15) is 30.4 Å². The molecule has 0 bridgehead atoms. The number of esters is 2. The molecule has 0 amide bonds. The van der Waals surface area contributed by atoms with Gasteiger partial charge in [0.1, 0.15) is 12.2 Å². The Balaban J connectivity index is 6.85. The molecule has 0 rings (SSSR count). The minimum absolute atomic E-state index is 0.00656. The molecule has 0 aliphatic rings. The van der Waals surface area contributed by atoms with Crippen molar-refractivity contribution < 1.29 is 58.7 Å². The monoisotopic (exact) mass is 556 g/mol. The molecule has 2 atom stereocenters. The van der Waals surface area contributed by atoms with Gasteiger partial charge >= 0.3 is 39.3 Å². The lowest BCUT2D eigenvalue weighted by Gasteiger charge is -2.40. The van der Waals surface area contributed by atoms with Crippen LogP contribution in [0.2, 0.25) is 0 Å². The molecule has 0 radical (unpaired) electrons. The standard InChI is InChI=1S/C22H37F5O8S/c1-10-18(6,7)12-14(19(8,9)11-2)15(28)34-21(22(25,26)27,16(29)35-17(3,4)5)33-13-20(23,24)36(30,31)32/h14H,10-13H2,1-9H3,(H,30,31,32). The van der Waals surface area contributed by atoms with E-state index >= 15 is 0 Å². The number of hydrogen-bond acceptors (Lipinski definition) is 7. The second-order valence-electron chi connectivity index (χ2n) is 11.1. The first-order chi connectivity index (χ1) is 15.7. The summed E-state index contributed by atoms with van der Waals surface area (Å²) in [5, 5.41) is -5.27. The molecule has 1 N–H and O–H groups in total. The molecule has 0 aliphatic carbocycles. The largest absolute Gasteiger partial charge is 0.468 e. The molecule has 0 saturated carbocycles. The molecule has 0 spiro atoms. The van der Waals surface area contributed by atoms with Gasteiger partial charge in [-0.15, -0.1) is 0 Å². The molecular weight excluding hydrogens is 519 g/mol. The highest BCUT2D eigenvalue weighted by molar-refractivity contribution is 7.86. The van der Waals surface area contributed by atoms with Crippen LogP contribution in [-0.4, -0.2) is 54.3 Å². The highest BCUT2D eigenvalue weighted by Crippen LogP contribution is 2.44. The van der Waals surface area contributed by atoms with Crippen LogP contribution in [0.25, 0.3) is 0 Å². The summed E-state index contributed by atoms with van der Waals surface area (Å²) in [5.41, 5.74) is -3.16. The molecule has 0 saturated heterocycles. The molecule has 36 heavy (non-hydrogen) atoms. The van der Waals surface area contributed by atoms with Gasteiger partial charge in [-0.25, -0.2) is 4.79 Å². The van der Waals surface area contributed by atoms with Crippen molar-refractivity contribution in [1.82, 2.24) is 0 Å². The highest BCUT2D eigenvalue weighted by atomic mass is 32.2. The van der Waals surface area contributed by atoms with Crippen LogP contribution in [0.3, 0.4) is 0 Å². The van der Waals surface area contributed by atoms with Crippen LogP contribution in [0, 0.1) is 16.7 Å². The van der Waals surface area contributed by atoms with E-state index in [9.17, 15) is 40.0 Å². The van der Waals surface area contributed by atoms with E-state index in [1.165, 1.54) is 0 Å². The highest BCUT2D eigenvalue weighted by Gasteiger charge is 2.70. The number of ether oxygens (including phenoxy) is 3. The zero-order valence-corrected chi connectivity index (χ0v) is 22.8. The summed E-state index contributed by atoms with van der Waals surface area (Å²) in [6, 6.07) is 0. The smallest absolute Gasteiger partial charge is 0.455 e. The fourth-order valence-corrected chi connectivity index (χ4v) is 3.03. The maximum absolute atomic E-state index is 14.3. The summed E-state index contributed by atoms with van der Waals surface area (Å²) < 4.78 is 115. The molecule has 14 heteroatoms. The number of rotatable bonds is 12. The third-order valence-electron chi connectivity index (χ3n) is 5.96. The van der Waals surface area contributed by atoms with E-state index < -0.39 is 68.2 Å². The van der Waals surface area contributed by atoms with Crippen LogP contribution in [-0.2, 0) is 33.9 Å². The Bertz CT molecular complexity index is 891. The van der Waals surface area contributed by atoms with Gasteiger partial charge in [0.05, 0.1) is 5.92 Å². The molecule has 2 unspecified atom stereocenters. The minimum atomic E-state index is -6.25. The summed E-state index contributed by atoms with van der Waals surface area (Å²) in [6.07, 6.45) is -5.17. The summed E-state index contributed by atoms with van der Waals surface area (Å²) in [7, 11) is -6.25. The van der Waals surface area contributed by atoms with E-state index in [0.29, 0.717) is 12.8 Å². The zero-order valence-electron chi connectivity index (χ0n) is 22.0. The minimum Gasteiger partial charge on any atom is -0.455 e. The first kappa shape index (κ1) is 34.5. The Morgan fingerprint density at radius 3 is 1.67 bits per heavy atom. The van der Waals surface area contributed by atoms with Crippen LogP contribution in [0.5, 0.6) is 0 Å². The molecular formula is C22H37F5O8S. The molecule has 0 fully saturated rings. The fourth-order valence-electron chi connectivity index (χ4n) is 2.83. The fraction of sp³-hybridized carbons (Fsp3) is 0.909. The predicted octanol–water partition coefficient (Wildman–Crippen LogP) is 5.51. The van der Waals surface area contributed by atoms with Crippen molar-refractivity contribution in [2.75, 3.05) is 6.61 Å². The van der Waals surface area contributed by atoms with E-state index in [4.69, 9.17) is 4.55 Å². The van der Waals surface area contributed by atoms with E-state index in [1.54, 1.807) is 41.5 Å². The molecule has 8 nitrogen and oxygen atoms in total. The lowest BCUT2D eigenvalue weighted by molar-refractivity contribution is -0.364. The first-order valence-corrected chi connectivity index (χ1v) is 12.6. The molecule has 0 aromatic heterocycles. The second kappa shape index (κ2) is 11.1. The average Bonchev–Trinajstić information content (AvgIpc) is 2.65. The maximum atomic E-state index is 14.3. The molecule has 0 aliphatic heterocycles. The van der Waals surface area contributed by atoms with Crippen molar-refractivity contribution >= 4 is 22.1 Å². The molecule has 0 heterocycles. The van der Waals surface area contributed by atoms with Gasteiger partial charge in [0, 0.05) is 0 Å². The Hall–Kier alpha value is -1.54. The Morgan fingerprint density at radius 1 is 0.861 bits per heavy atom. The molecule has 0 aromatic carbocycles. The summed E-state index contributed by atoms with van der Waals surface area (Å²) in [4.78, 5) is 25.9. The average molecular weight is 557 g/mol. The van der Waals surface area contributed by atoms with Crippen LogP contribution in [0.4, 0.5) is 22.0 Å². The number of hydrogen-bond donors (Lipinski definition) is 1. The number of carbonyl (C=O) groups excluding carboxylic acids is 2. The van der Waals surface area contributed by atoms with Gasteiger partial charge in [0.15, 0.2) is 0 Å². The summed E-state index contributed by atoms with van der Waals surface area (Å²) >= 11 is 0. The maximum Gasteiger partial charge on any atom is 0.468 e. The van der Waals surface area contributed by atoms with Gasteiger partial charge < -0.3 is 14.2 Å². The van der Waals surface area contributed by atoms with Gasteiger partial charge in [-0.05, 0) is 38.0 Å². The Labute approximate surface area is 209 Å². The second-order valence-corrected chi connectivity index (χ2v) is 12.6. The van der Waals surface area contributed by atoms with Gasteiger partial charge in [-0.1, -0.05) is 54.4 Å². The quantitative estimate of drug-likeness (QED) is 0.145. The molecule has 214 valence electrons. The summed E-state index contributed by atoms with van der Waals surface area (Å²) in [6.45, 7) is 11.0. The third-order valence-corrected chi connectivity index (χ3v) is 6.83. The van der Waals surface area contributed by atoms with Gasteiger partial charge in [0.25, 0.3) is 0 Å². The Morgan fingerprint density at radius 2 is 1.33 bits per heavy atom. The van der Waals surface area contributed by atoms with Crippen molar-refractivity contribution in [3.8, 4) is 0 Å². The number of halogens is 5. The van der Waals surface area contributed by atoms with Gasteiger partial charge in [0.2, 0.25) is 0 Å². The number of alkyl halides is 5. The third kappa shape index (κ3) is 8.79. The number of carbonyl (C=O) groups is 2. The molecule has 0 aromatic rings. The van der Waals surface area contributed by atoms with Crippen molar-refractivity contribution in [3.05, 3.63) is 0 Å². The Kier molecular flexibility index (Phi) is 10.6.